The number of nitrogens with zero attached hydrogens (tertiary/aromatic N) is 1. The largest absolute Gasteiger partial charge is 0.406 e. The van der Waals surface area contributed by atoms with E-state index in [1.807, 2.05) is 0 Å². The van der Waals surface area contributed by atoms with Crippen LogP contribution in [-0.2, 0) is 24.3 Å². The molecule has 1 fully saturated rings. The summed E-state index contributed by atoms with van der Waals surface area (Å²) in [5, 5.41) is 0. The first-order valence-corrected chi connectivity index (χ1v) is 11.3. The van der Waals surface area contributed by atoms with Gasteiger partial charge in [-0.25, -0.2) is 8.42 Å². The van der Waals surface area contributed by atoms with Gasteiger partial charge in [-0.15, -0.1) is 0 Å². The number of aryl methyl sites for hydroxylation is 2. The number of sulfonamides is 1. The lowest BCUT2D eigenvalue weighted by Crippen LogP contribution is -2.25. The van der Waals surface area contributed by atoms with Crippen LogP contribution in [0, 0.1) is 13.8 Å². The van der Waals surface area contributed by atoms with Gasteiger partial charge in [-0.2, -0.15) is 25.9 Å². The van der Waals surface area contributed by atoms with Crippen LogP contribution in [0.15, 0.2) is 58.3 Å². The Balaban J connectivity index is 1.82. The van der Waals surface area contributed by atoms with Crippen LogP contribution in [0.3, 0.4) is 0 Å². The van der Waals surface area contributed by atoms with Crippen molar-refractivity contribution >= 4 is 20.1 Å². The molecule has 0 saturated carbocycles. The van der Waals surface area contributed by atoms with Crippen LogP contribution in [0.1, 0.15) is 11.1 Å². The van der Waals surface area contributed by atoms with Crippen molar-refractivity contribution in [2.24, 2.45) is 0 Å². The molecule has 6 nitrogen and oxygen atoms in total. The molecule has 3 atom stereocenters. The number of alkyl halides is 3. The molecule has 0 amide bonds. The Labute approximate surface area is 167 Å². The van der Waals surface area contributed by atoms with Crippen molar-refractivity contribution in [2.45, 2.75) is 41.9 Å². The Morgan fingerprint density at radius 3 is 1.76 bits per heavy atom. The highest BCUT2D eigenvalue weighted by molar-refractivity contribution is 7.89. The SMILES string of the molecule is Cc1ccc(S(=O)(=O)OC[C@H]2[C@@H](C(F)(F)F)N2S(=O)(=O)c2ccc(C)cc2)cc1. The third-order valence-electron chi connectivity index (χ3n) is 4.51. The normalized spacial score (nSPS) is 22.4. The third kappa shape index (κ3) is 4.47. The van der Waals surface area contributed by atoms with Gasteiger partial charge >= 0.3 is 6.18 Å². The molecule has 11 heteroatoms. The predicted molar refractivity (Wildman–Crippen MR) is 98.2 cm³/mol. The van der Waals surface area contributed by atoms with E-state index >= 15 is 0 Å². The molecular formula is C18H18F3NO5S2. The van der Waals surface area contributed by atoms with E-state index in [4.69, 9.17) is 4.18 Å². The van der Waals surface area contributed by atoms with Crippen molar-refractivity contribution in [3.8, 4) is 0 Å². The molecule has 1 unspecified atom stereocenters. The minimum absolute atomic E-state index is 0.222. The molecule has 2 aromatic carbocycles. The zero-order chi connectivity index (χ0) is 21.6. The molecule has 3 rings (SSSR count). The predicted octanol–water partition coefficient (Wildman–Crippen LogP) is 3.01. The monoisotopic (exact) mass is 449 g/mol. The molecule has 29 heavy (non-hydrogen) atoms. The van der Waals surface area contributed by atoms with E-state index in [1.165, 1.54) is 48.5 Å². The van der Waals surface area contributed by atoms with E-state index < -0.39 is 45.0 Å². The van der Waals surface area contributed by atoms with Gasteiger partial charge in [-0.05, 0) is 38.1 Å². The number of halogens is 3. The summed E-state index contributed by atoms with van der Waals surface area (Å²) in [5.41, 5.74) is 1.53. The van der Waals surface area contributed by atoms with E-state index in [-0.39, 0.29) is 14.1 Å². The van der Waals surface area contributed by atoms with Gasteiger partial charge in [0, 0.05) is 0 Å². The van der Waals surface area contributed by atoms with Crippen molar-refractivity contribution in [1.29, 1.82) is 0 Å². The lowest BCUT2D eigenvalue weighted by molar-refractivity contribution is -0.134. The zero-order valence-electron chi connectivity index (χ0n) is 15.4. The quantitative estimate of drug-likeness (QED) is 0.500. The minimum Gasteiger partial charge on any atom is -0.265 e. The second-order valence-electron chi connectivity index (χ2n) is 6.75. The van der Waals surface area contributed by atoms with Gasteiger partial charge in [0.2, 0.25) is 10.0 Å². The summed E-state index contributed by atoms with van der Waals surface area (Å²) in [6.45, 7) is 2.51. The smallest absolute Gasteiger partial charge is 0.265 e. The Hall–Kier alpha value is -1.95. The molecule has 0 bridgehead atoms. The highest BCUT2D eigenvalue weighted by Gasteiger charge is 2.68. The second kappa shape index (κ2) is 7.38. The molecule has 1 aliphatic heterocycles. The molecule has 1 aliphatic rings. The maximum Gasteiger partial charge on any atom is 0.406 e. The van der Waals surface area contributed by atoms with Crippen molar-refractivity contribution in [1.82, 2.24) is 4.31 Å². The molecule has 1 saturated heterocycles. The van der Waals surface area contributed by atoms with Gasteiger partial charge in [0.15, 0.2) is 0 Å². The molecular weight excluding hydrogens is 431 g/mol. The summed E-state index contributed by atoms with van der Waals surface area (Å²) in [7, 11) is -8.79. The lowest BCUT2D eigenvalue weighted by atomic mass is 10.2. The van der Waals surface area contributed by atoms with Crippen LogP contribution >= 0.6 is 0 Å². The highest BCUT2D eigenvalue weighted by Crippen LogP contribution is 2.45. The summed E-state index contributed by atoms with van der Waals surface area (Å²) < 4.78 is 94.7. The molecule has 0 spiro atoms. The number of rotatable bonds is 6. The second-order valence-corrected chi connectivity index (χ2v) is 10.2. The Bertz CT molecular complexity index is 1100. The topological polar surface area (TPSA) is 80.5 Å². The fraction of sp³-hybridized carbons (Fsp3) is 0.333. The first kappa shape index (κ1) is 21.8. The molecule has 1 heterocycles. The molecule has 0 radical (unpaired) electrons. The summed E-state index contributed by atoms with van der Waals surface area (Å²) in [5.74, 6) is 0. The van der Waals surface area contributed by atoms with E-state index in [0.717, 1.165) is 11.1 Å². The van der Waals surface area contributed by atoms with Crippen molar-refractivity contribution in [2.75, 3.05) is 6.61 Å². The summed E-state index contributed by atoms with van der Waals surface area (Å²) in [6.07, 6.45) is -4.86. The van der Waals surface area contributed by atoms with Gasteiger partial charge in [0.25, 0.3) is 10.1 Å². The van der Waals surface area contributed by atoms with Gasteiger partial charge in [-0.3, -0.25) is 4.18 Å². The van der Waals surface area contributed by atoms with Crippen LogP contribution in [0.2, 0.25) is 0 Å². The van der Waals surface area contributed by atoms with Gasteiger partial charge in [0.05, 0.1) is 22.4 Å². The van der Waals surface area contributed by atoms with Gasteiger partial charge < -0.3 is 0 Å². The van der Waals surface area contributed by atoms with Crippen LogP contribution in [0.5, 0.6) is 0 Å². The average molecular weight is 449 g/mol. The summed E-state index contributed by atoms with van der Waals surface area (Å²) in [4.78, 5) is -0.526. The summed E-state index contributed by atoms with van der Waals surface area (Å²) in [6, 6.07) is 6.88. The molecule has 0 N–H and O–H groups in total. The molecule has 0 aliphatic carbocycles. The van der Waals surface area contributed by atoms with Gasteiger partial charge in [0.1, 0.15) is 6.04 Å². The van der Waals surface area contributed by atoms with Crippen molar-refractivity contribution in [3.05, 3.63) is 59.7 Å². The highest BCUT2D eigenvalue weighted by atomic mass is 32.2. The van der Waals surface area contributed by atoms with E-state index in [9.17, 15) is 30.0 Å². The lowest BCUT2D eigenvalue weighted by Gasteiger charge is -2.09. The Morgan fingerprint density at radius 2 is 1.31 bits per heavy atom. The number of benzene rings is 2. The first-order chi connectivity index (χ1) is 13.3. The van der Waals surface area contributed by atoms with Crippen molar-refractivity contribution < 1.29 is 34.2 Å². The molecule has 158 valence electrons. The third-order valence-corrected chi connectivity index (χ3v) is 7.73. The minimum atomic E-state index is -4.86. The number of hydrogen-bond donors (Lipinski definition) is 0. The standard InChI is InChI=1S/C18H18F3NO5S2/c1-12-3-7-14(8-4-12)28(23,24)22-16(17(22)18(19,20)21)11-27-29(25,26)15-9-5-13(2)6-10-15/h3-10,16-17H,11H2,1-2H3/t16-,17-,22?/m0/s1. The first-order valence-electron chi connectivity index (χ1n) is 8.47. The fourth-order valence-corrected chi connectivity index (χ4v) is 5.56. The van der Waals surface area contributed by atoms with E-state index in [0.29, 0.717) is 0 Å². The van der Waals surface area contributed by atoms with E-state index in [1.54, 1.807) is 13.8 Å². The summed E-state index contributed by atoms with van der Waals surface area (Å²) >= 11 is 0. The maximum atomic E-state index is 13.3. The Morgan fingerprint density at radius 1 is 0.862 bits per heavy atom. The molecule has 0 aromatic heterocycles. The van der Waals surface area contributed by atoms with Gasteiger partial charge in [-0.1, -0.05) is 35.4 Å². The van der Waals surface area contributed by atoms with Crippen LogP contribution in [-0.4, -0.2) is 46.0 Å². The van der Waals surface area contributed by atoms with Crippen LogP contribution in [0.25, 0.3) is 0 Å². The number of hydrogen-bond acceptors (Lipinski definition) is 5. The van der Waals surface area contributed by atoms with Crippen LogP contribution in [0.4, 0.5) is 13.2 Å². The maximum absolute atomic E-state index is 13.3. The van der Waals surface area contributed by atoms with E-state index in [2.05, 4.69) is 0 Å². The Kier molecular flexibility index (Phi) is 5.54. The fourth-order valence-electron chi connectivity index (χ4n) is 2.88. The zero-order valence-corrected chi connectivity index (χ0v) is 17.1. The molecule has 2 aromatic rings. The van der Waals surface area contributed by atoms with Crippen LogP contribution < -0.4 is 0 Å². The average Bonchev–Trinajstić information content (AvgIpc) is 3.37. The van der Waals surface area contributed by atoms with Crippen molar-refractivity contribution in [3.63, 3.8) is 0 Å².